The summed E-state index contributed by atoms with van der Waals surface area (Å²) in [6.07, 6.45) is 3.43. The van der Waals surface area contributed by atoms with Crippen molar-refractivity contribution in [2.75, 3.05) is 19.8 Å². The number of carbonyl (C=O) groups is 1. The van der Waals surface area contributed by atoms with E-state index in [4.69, 9.17) is 14.2 Å². The third kappa shape index (κ3) is 7.31. The van der Waals surface area contributed by atoms with E-state index in [0.717, 1.165) is 28.6 Å². The van der Waals surface area contributed by atoms with E-state index in [2.05, 4.69) is 29.1 Å². The maximum atomic E-state index is 11.7. The molecule has 8 heteroatoms. The molecule has 0 aliphatic rings. The second-order valence-electron chi connectivity index (χ2n) is 9.45. The van der Waals surface area contributed by atoms with Crippen molar-refractivity contribution in [2.24, 2.45) is 0 Å². The Morgan fingerprint density at radius 3 is 2.65 bits per heavy atom. The molecule has 0 fully saturated rings. The molecule has 0 spiro atoms. The van der Waals surface area contributed by atoms with E-state index < -0.39 is 12.1 Å². The van der Waals surface area contributed by atoms with Crippen LogP contribution in [0.1, 0.15) is 36.7 Å². The molecule has 1 atom stereocenters. The first-order valence-electron chi connectivity index (χ1n) is 12.3. The van der Waals surface area contributed by atoms with Crippen LogP contribution in [0.4, 0.5) is 0 Å². The Balaban J connectivity index is 1.24. The molecular formula is C29H33N3O5. The maximum Gasteiger partial charge on any atom is 0.339 e. The Bertz CT molecular complexity index is 1300. The van der Waals surface area contributed by atoms with Crippen LogP contribution >= 0.6 is 0 Å². The van der Waals surface area contributed by atoms with Crippen molar-refractivity contribution in [1.29, 1.82) is 0 Å². The second kappa shape index (κ2) is 11.9. The first-order chi connectivity index (χ1) is 17.8. The third-order valence-corrected chi connectivity index (χ3v) is 5.84. The number of fused-ring (bicyclic) bond motifs is 1. The normalized spacial score (nSPS) is 12.3. The average molecular weight is 504 g/mol. The number of carbonyl (C=O) groups excluding carboxylic acids is 1. The Morgan fingerprint density at radius 1 is 1.11 bits per heavy atom. The average Bonchev–Trinajstić information content (AvgIpc) is 3.38. The largest absolute Gasteiger partial charge is 0.490 e. The molecule has 0 aliphatic carbocycles. The molecular weight excluding hydrogens is 470 g/mol. The second-order valence-corrected chi connectivity index (χ2v) is 9.45. The van der Waals surface area contributed by atoms with Gasteiger partial charge in [-0.25, -0.2) is 9.78 Å². The Labute approximate surface area is 216 Å². The topological polar surface area (TPSA) is 106 Å². The monoisotopic (exact) mass is 503 g/mol. The van der Waals surface area contributed by atoms with Crippen LogP contribution in [0, 0.1) is 0 Å². The van der Waals surface area contributed by atoms with E-state index in [0.29, 0.717) is 30.3 Å². The van der Waals surface area contributed by atoms with Gasteiger partial charge in [0, 0.05) is 41.4 Å². The number of nitrogens with one attached hydrogen (secondary N) is 2. The maximum absolute atomic E-state index is 11.7. The van der Waals surface area contributed by atoms with Crippen LogP contribution in [0.3, 0.4) is 0 Å². The molecule has 8 nitrogen and oxygen atoms in total. The molecule has 0 bridgehead atoms. The van der Waals surface area contributed by atoms with Gasteiger partial charge in [-0.05, 0) is 69.2 Å². The van der Waals surface area contributed by atoms with Crippen molar-refractivity contribution >= 4 is 16.9 Å². The molecule has 0 aliphatic heterocycles. The zero-order chi connectivity index (χ0) is 26.3. The number of aliphatic hydroxyl groups excluding tert-OH is 1. The number of aromatic nitrogens is 2. The quantitative estimate of drug-likeness (QED) is 0.237. The summed E-state index contributed by atoms with van der Waals surface area (Å²) in [7, 11) is 0. The number of pyridine rings is 1. The molecule has 0 saturated carbocycles. The molecule has 2 heterocycles. The first kappa shape index (κ1) is 26.2. The number of benzene rings is 2. The molecule has 3 N–H and O–H groups in total. The number of aromatic amines is 1. The predicted molar refractivity (Wildman–Crippen MR) is 142 cm³/mol. The standard InChI is InChI=1S/C29H33N3O5/c1-4-35-28(34)21-10-13-27(31-17-21)37-23-11-8-20(9-12-23)16-29(2,3)32-18-22(33)19-36-26-7-5-6-25-24(26)14-15-30-25/h5-15,17,22,30,32-33H,4,16,18-19H2,1-3H3/t22-/m0/s1. The molecule has 0 amide bonds. The molecule has 194 valence electrons. The van der Waals surface area contributed by atoms with Crippen molar-refractivity contribution < 1.29 is 24.1 Å². The van der Waals surface area contributed by atoms with E-state index in [1.165, 1.54) is 6.20 Å². The molecule has 4 rings (SSSR count). The Morgan fingerprint density at radius 2 is 1.92 bits per heavy atom. The van der Waals surface area contributed by atoms with Crippen LogP contribution in [0.25, 0.3) is 10.9 Å². The first-order valence-corrected chi connectivity index (χ1v) is 12.3. The highest BCUT2D eigenvalue weighted by Gasteiger charge is 2.20. The minimum absolute atomic E-state index is 0.203. The SMILES string of the molecule is CCOC(=O)c1ccc(Oc2ccc(CC(C)(C)NC[C@H](O)COc3cccc4[nH]ccc34)cc2)nc1. The van der Waals surface area contributed by atoms with Crippen molar-refractivity contribution in [1.82, 2.24) is 15.3 Å². The van der Waals surface area contributed by atoms with E-state index in [-0.39, 0.29) is 12.1 Å². The summed E-state index contributed by atoms with van der Waals surface area (Å²) in [5.74, 6) is 1.39. The number of rotatable bonds is 12. The lowest BCUT2D eigenvalue weighted by atomic mass is 9.94. The summed E-state index contributed by atoms with van der Waals surface area (Å²) < 4.78 is 16.6. The number of H-pyrrole nitrogens is 1. The molecule has 0 saturated heterocycles. The van der Waals surface area contributed by atoms with Crippen molar-refractivity contribution in [3.63, 3.8) is 0 Å². The Hall–Kier alpha value is -3.88. The number of β-amino-alcohol motifs (C(OH)–C–C–N with tert-alkyl or cyclic N) is 1. The van der Waals surface area contributed by atoms with Crippen LogP contribution < -0.4 is 14.8 Å². The smallest absolute Gasteiger partial charge is 0.339 e. The number of aliphatic hydroxyl groups is 1. The van der Waals surface area contributed by atoms with Crippen LogP contribution in [0.5, 0.6) is 17.4 Å². The molecule has 37 heavy (non-hydrogen) atoms. The minimum Gasteiger partial charge on any atom is -0.490 e. The van der Waals surface area contributed by atoms with Crippen LogP contribution in [0.15, 0.2) is 73.1 Å². The number of hydrogen-bond donors (Lipinski definition) is 3. The van der Waals surface area contributed by atoms with Gasteiger partial charge >= 0.3 is 5.97 Å². The van der Waals surface area contributed by atoms with Gasteiger partial charge in [0.25, 0.3) is 0 Å². The summed E-state index contributed by atoms with van der Waals surface area (Å²) in [6.45, 7) is 6.88. The van der Waals surface area contributed by atoms with Gasteiger partial charge in [0.15, 0.2) is 0 Å². The summed E-state index contributed by atoms with van der Waals surface area (Å²) >= 11 is 0. The van der Waals surface area contributed by atoms with Gasteiger partial charge in [0.05, 0.1) is 12.2 Å². The third-order valence-electron chi connectivity index (χ3n) is 5.84. The summed E-state index contributed by atoms with van der Waals surface area (Å²) in [5, 5.41) is 14.9. The molecule has 0 unspecified atom stereocenters. The fraction of sp³-hybridized carbons (Fsp3) is 0.310. The van der Waals surface area contributed by atoms with E-state index in [1.807, 2.05) is 54.7 Å². The summed E-state index contributed by atoms with van der Waals surface area (Å²) in [5.41, 5.74) is 2.27. The van der Waals surface area contributed by atoms with Crippen molar-refractivity contribution in [3.05, 3.63) is 84.2 Å². The van der Waals surface area contributed by atoms with Crippen molar-refractivity contribution in [2.45, 2.75) is 38.8 Å². The highest BCUT2D eigenvalue weighted by Crippen LogP contribution is 2.25. The Kier molecular flexibility index (Phi) is 8.43. The fourth-order valence-corrected chi connectivity index (χ4v) is 3.97. The minimum atomic E-state index is -0.646. The van der Waals surface area contributed by atoms with Gasteiger partial charge in [-0.2, -0.15) is 0 Å². The van der Waals surface area contributed by atoms with Gasteiger partial charge in [-0.1, -0.05) is 18.2 Å². The number of esters is 1. The van der Waals surface area contributed by atoms with E-state index in [9.17, 15) is 9.90 Å². The molecule has 2 aromatic carbocycles. The lowest BCUT2D eigenvalue weighted by Gasteiger charge is -2.28. The van der Waals surface area contributed by atoms with Gasteiger partial charge < -0.3 is 29.6 Å². The highest BCUT2D eigenvalue weighted by molar-refractivity contribution is 5.89. The zero-order valence-electron chi connectivity index (χ0n) is 21.4. The van der Waals surface area contributed by atoms with Gasteiger partial charge in [-0.3, -0.25) is 0 Å². The van der Waals surface area contributed by atoms with E-state index >= 15 is 0 Å². The lowest BCUT2D eigenvalue weighted by molar-refractivity contribution is 0.0526. The number of nitrogens with zero attached hydrogens (tertiary/aromatic N) is 1. The van der Waals surface area contributed by atoms with Crippen LogP contribution in [-0.2, 0) is 11.2 Å². The van der Waals surface area contributed by atoms with Crippen LogP contribution in [0.2, 0.25) is 0 Å². The zero-order valence-corrected chi connectivity index (χ0v) is 21.4. The number of hydrogen-bond acceptors (Lipinski definition) is 7. The van der Waals surface area contributed by atoms with Gasteiger partial charge in [-0.15, -0.1) is 0 Å². The molecule has 0 radical (unpaired) electrons. The van der Waals surface area contributed by atoms with Gasteiger partial charge in [0.1, 0.15) is 24.2 Å². The van der Waals surface area contributed by atoms with E-state index in [1.54, 1.807) is 19.1 Å². The lowest BCUT2D eigenvalue weighted by Crippen LogP contribution is -2.46. The molecule has 4 aromatic rings. The summed E-state index contributed by atoms with van der Waals surface area (Å²) in [4.78, 5) is 19.1. The highest BCUT2D eigenvalue weighted by atomic mass is 16.5. The predicted octanol–water partition coefficient (Wildman–Crippen LogP) is 4.88. The summed E-state index contributed by atoms with van der Waals surface area (Å²) in [6, 6.07) is 18.8. The van der Waals surface area contributed by atoms with Crippen molar-refractivity contribution in [3.8, 4) is 17.4 Å². The van der Waals surface area contributed by atoms with Crippen LogP contribution in [-0.4, -0.2) is 52.4 Å². The fourth-order valence-electron chi connectivity index (χ4n) is 3.97. The van der Waals surface area contributed by atoms with Gasteiger partial charge in [0.2, 0.25) is 5.88 Å². The number of ether oxygens (including phenoxy) is 3. The molecule has 2 aromatic heterocycles.